The number of amides is 1. The molecule has 0 aliphatic carbocycles. The third-order valence-electron chi connectivity index (χ3n) is 5.48. The molecule has 1 unspecified atom stereocenters. The van der Waals surface area contributed by atoms with Crippen LogP contribution in [0.1, 0.15) is 29.1 Å². The van der Waals surface area contributed by atoms with Crippen molar-refractivity contribution in [1.82, 2.24) is 24.8 Å². The van der Waals surface area contributed by atoms with Gasteiger partial charge in [0.05, 0.1) is 46.4 Å². The van der Waals surface area contributed by atoms with Gasteiger partial charge in [0.2, 0.25) is 0 Å². The van der Waals surface area contributed by atoms with E-state index in [2.05, 4.69) is 25.3 Å². The first-order chi connectivity index (χ1) is 15.5. The van der Waals surface area contributed by atoms with Gasteiger partial charge in [0, 0.05) is 23.5 Å². The number of morpholine rings is 1. The van der Waals surface area contributed by atoms with E-state index in [0.29, 0.717) is 53.2 Å². The van der Waals surface area contributed by atoms with Gasteiger partial charge in [-0.15, -0.1) is 0 Å². The lowest BCUT2D eigenvalue weighted by Gasteiger charge is -2.27. The van der Waals surface area contributed by atoms with Crippen molar-refractivity contribution >= 4 is 56.9 Å². The number of imidazole rings is 1. The van der Waals surface area contributed by atoms with Crippen molar-refractivity contribution in [3.63, 3.8) is 0 Å². The summed E-state index contributed by atoms with van der Waals surface area (Å²) in [6, 6.07) is 8.80. The highest BCUT2D eigenvalue weighted by Gasteiger charge is 2.22. The number of halogens is 2. The number of anilines is 1. The van der Waals surface area contributed by atoms with E-state index in [0.717, 1.165) is 22.2 Å². The van der Waals surface area contributed by atoms with Gasteiger partial charge in [-0.25, -0.2) is 15.0 Å². The lowest BCUT2D eigenvalue weighted by molar-refractivity contribution is 0.0303. The molecule has 2 N–H and O–H groups in total. The molecule has 32 heavy (non-hydrogen) atoms. The number of aromatic amines is 1. The smallest absolute Gasteiger partial charge is 0.255 e. The van der Waals surface area contributed by atoms with Gasteiger partial charge in [0.1, 0.15) is 18.0 Å². The molecule has 1 aliphatic heterocycles. The van der Waals surface area contributed by atoms with Crippen molar-refractivity contribution in [2.24, 2.45) is 0 Å². The summed E-state index contributed by atoms with van der Waals surface area (Å²) in [5.74, 6) is 1.23. The lowest BCUT2D eigenvalue weighted by Crippen LogP contribution is -2.40. The molecular weight excluding hydrogens is 451 g/mol. The molecule has 10 heteroatoms. The number of carbonyl (C=O) groups is 1. The highest BCUT2D eigenvalue weighted by Crippen LogP contribution is 2.30. The number of H-pyrrole nitrogens is 1. The van der Waals surface area contributed by atoms with E-state index in [-0.39, 0.29) is 11.9 Å². The minimum atomic E-state index is -0.173. The molecule has 1 fully saturated rings. The molecule has 0 spiro atoms. The van der Waals surface area contributed by atoms with E-state index >= 15 is 0 Å². The van der Waals surface area contributed by atoms with Crippen LogP contribution in [-0.2, 0) is 4.74 Å². The van der Waals surface area contributed by atoms with Crippen LogP contribution in [0, 0.1) is 0 Å². The number of hydrogen-bond acceptors (Lipinski definition) is 6. The quantitative estimate of drug-likeness (QED) is 0.457. The molecule has 1 aliphatic rings. The van der Waals surface area contributed by atoms with Crippen molar-refractivity contribution in [2.75, 3.05) is 31.6 Å². The van der Waals surface area contributed by atoms with Crippen LogP contribution in [0.25, 0.3) is 21.9 Å². The van der Waals surface area contributed by atoms with Gasteiger partial charge < -0.3 is 19.9 Å². The third-order valence-corrected chi connectivity index (χ3v) is 6.03. The molecule has 3 heterocycles. The summed E-state index contributed by atoms with van der Waals surface area (Å²) in [7, 11) is 0. The molecule has 0 saturated carbocycles. The number of aromatic nitrogens is 4. The predicted octanol–water partition coefficient (Wildman–Crippen LogP) is 4.46. The maximum Gasteiger partial charge on any atom is 0.255 e. The minimum absolute atomic E-state index is 0.123. The van der Waals surface area contributed by atoms with Crippen LogP contribution in [0.15, 0.2) is 36.7 Å². The number of nitrogens with zero attached hydrogens (tertiary/aromatic N) is 4. The SMILES string of the molecule is CC(Nc1ncnc2cc(C(=O)N3CCOCC3)c(Cl)cc12)c1nc2ccc(Cl)cc2[nH]1. The van der Waals surface area contributed by atoms with Crippen LogP contribution in [0.4, 0.5) is 5.82 Å². The number of hydrogen-bond donors (Lipinski definition) is 2. The fraction of sp³-hybridized carbons (Fsp3) is 0.273. The summed E-state index contributed by atoms with van der Waals surface area (Å²) in [6.45, 7) is 4.12. The lowest BCUT2D eigenvalue weighted by atomic mass is 10.1. The summed E-state index contributed by atoms with van der Waals surface area (Å²) in [5.41, 5.74) is 2.75. The van der Waals surface area contributed by atoms with Gasteiger partial charge in [-0.2, -0.15) is 0 Å². The van der Waals surface area contributed by atoms with Crippen LogP contribution < -0.4 is 5.32 Å². The number of nitrogens with one attached hydrogen (secondary N) is 2. The highest BCUT2D eigenvalue weighted by atomic mass is 35.5. The second-order valence-corrected chi connectivity index (χ2v) is 8.47. The number of ether oxygens (including phenoxy) is 1. The van der Waals surface area contributed by atoms with Crippen molar-refractivity contribution in [3.8, 4) is 0 Å². The molecule has 2 aromatic heterocycles. The minimum Gasteiger partial charge on any atom is -0.378 e. The second-order valence-electron chi connectivity index (χ2n) is 7.63. The zero-order valence-corrected chi connectivity index (χ0v) is 18.7. The Morgan fingerprint density at radius 2 is 1.97 bits per heavy atom. The predicted molar refractivity (Wildman–Crippen MR) is 124 cm³/mol. The molecule has 0 radical (unpaired) electrons. The van der Waals surface area contributed by atoms with Gasteiger partial charge in [0.25, 0.3) is 5.91 Å². The van der Waals surface area contributed by atoms with E-state index < -0.39 is 0 Å². The first kappa shape index (κ1) is 20.9. The largest absolute Gasteiger partial charge is 0.378 e. The first-order valence-electron chi connectivity index (χ1n) is 10.2. The van der Waals surface area contributed by atoms with E-state index in [1.807, 2.05) is 25.1 Å². The van der Waals surface area contributed by atoms with E-state index in [1.54, 1.807) is 17.0 Å². The Balaban J connectivity index is 1.45. The molecule has 8 nitrogen and oxygen atoms in total. The molecule has 0 bridgehead atoms. The Morgan fingerprint density at radius 1 is 1.16 bits per heavy atom. The Labute approximate surface area is 193 Å². The number of benzene rings is 2. The van der Waals surface area contributed by atoms with Crippen molar-refractivity contribution < 1.29 is 9.53 Å². The molecular formula is C22H20Cl2N6O2. The number of carbonyl (C=O) groups excluding carboxylic acids is 1. The van der Waals surface area contributed by atoms with Gasteiger partial charge in [-0.05, 0) is 37.3 Å². The zero-order valence-electron chi connectivity index (χ0n) is 17.2. The van der Waals surface area contributed by atoms with Crippen molar-refractivity contribution in [3.05, 3.63) is 58.1 Å². The van der Waals surface area contributed by atoms with Crippen LogP contribution in [0.3, 0.4) is 0 Å². The van der Waals surface area contributed by atoms with E-state index in [4.69, 9.17) is 27.9 Å². The molecule has 164 valence electrons. The highest BCUT2D eigenvalue weighted by molar-refractivity contribution is 6.35. The average Bonchev–Trinajstić information content (AvgIpc) is 3.23. The number of rotatable bonds is 4. The molecule has 1 saturated heterocycles. The van der Waals surface area contributed by atoms with Gasteiger partial charge in [-0.3, -0.25) is 4.79 Å². The fourth-order valence-corrected chi connectivity index (χ4v) is 4.19. The third kappa shape index (κ3) is 3.97. The van der Waals surface area contributed by atoms with Crippen molar-refractivity contribution in [1.29, 1.82) is 0 Å². The summed E-state index contributed by atoms with van der Waals surface area (Å²) in [6.07, 6.45) is 1.46. The summed E-state index contributed by atoms with van der Waals surface area (Å²) in [5, 5.41) is 5.10. The Hall–Kier alpha value is -2.94. The molecule has 1 amide bonds. The molecule has 4 aromatic rings. The first-order valence-corrected chi connectivity index (χ1v) is 11.0. The van der Waals surface area contributed by atoms with E-state index in [9.17, 15) is 4.79 Å². The molecule has 2 aromatic carbocycles. The van der Waals surface area contributed by atoms with Crippen LogP contribution in [0.5, 0.6) is 0 Å². The standard InChI is InChI=1S/C22H20Cl2N6O2/c1-12(20-28-17-3-2-13(23)8-19(17)29-20)27-21-15-9-16(24)14(10-18(15)25-11-26-21)22(31)30-4-6-32-7-5-30/h2-3,8-12H,4-7H2,1H3,(H,28,29)(H,25,26,27). The van der Waals surface area contributed by atoms with Gasteiger partial charge in [-0.1, -0.05) is 23.2 Å². The Morgan fingerprint density at radius 3 is 2.78 bits per heavy atom. The van der Waals surface area contributed by atoms with Gasteiger partial charge in [0.15, 0.2) is 0 Å². The summed E-state index contributed by atoms with van der Waals surface area (Å²) < 4.78 is 5.33. The zero-order chi connectivity index (χ0) is 22.2. The van der Waals surface area contributed by atoms with Crippen LogP contribution >= 0.6 is 23.2 Å². The normalized spacial score (nSPS) is 15.3. The Bertz CT molecular complexity index is 1320. The summed E-state index contributed by atoms with van der Waals surface area (Å²) >= 11 is 12.6. The second kappa shape index (κ2) is 8.54. The monoisotopic (exact) mass is 470 g/mol. The van der Waals surface area contributed by atoms with E-state index in [1.165, 1.54) is 6.33 Å². The van der Waals surface area contributed by atoms with Crippen LogP contribution in [0.2, 0.25) is 10.0 Å². The fourth-order valence-electron chi connectivity index (χ4n) is 3.77. The van der Waals surface area contributed by atoms with Gasteiger partial charge >= 0.3 is 0 Å². The summed E-state index contributed by atoms with van der Waals surface area (Å²) in [4.78, 5) is 31.3. The maximum atomic E-state index is 12.9. The molecule has 1 atom stereocenters. The topological polar surface area (TPSA) is 96.0 Å². The Kier molecular flexibility index (Phi) is 5.58. The number of fused-ring (bicyclic) bond motifs is 2. The maximum absolute atomic E-state index is 12.9. The van der Waals surface area contributed by atoms with Crippen LogP contribution in [-0.4, -0.2) is 57.0 Å². The van der Waals surface area contributed by atoms with Crippen molar-refractivity contribution in [2.45, 2.75) is 13.0 Å². The average molecular weight is 471 g/mol. The molecule has 5 rings (SSSR count).